The van der Waals surface area contributed by atoms with Gasteiger partial charge in [-0.05, 0) is 18.2 Å². The zero-order valence-corrected chi connectivity index (χ0v) is 12.8. The number of nitrogens with one attached hydrogen (secondary N) is 2. The fraction of sp³-hybridized carbons (Fsp3) is 0.308. The molecule has 0 radical (unpaired) electrons. The molecule has 0 fully saturated rings. The Morgan fingerprint density at radius 2 is 2.05 bits per heavy atom. The molecule has 0 aliphatic carbocycles. The Morgan fingerprint density at radius 3 is 2.62 bits per heavy atom. The number of carboxylic acids is 1. The molecule has 0 aliphatic rings. The number of carbonyl (C=O) groups excluding carboxylic acids is 2. The molecular weight excluding hydrogens is 344 g/mol. The zero-order chi connectivity index (χ0) is 15.8. The van der Waals surface area contributed by atoms with Gasteiger partial charge in [-0.2, -0.15) is 0 Å². The SMILES string of the molecule is COC(CNC(=O)CNC(=O)c1cccc(Br)c1)C(=O)O. The Balaban J connectivity index is 2.39. The van der Waals surface area contributed by atoms with E-state index < -0.39 is 23.9 Å². The van der Waals surface area contributed by atoms with Crippen LogP contribution in [0.15, 0.2) is 28.7 Å². The van der Waals surface area contributed by atoms with Crippen LogP contribution < -0.4 is 10.6 Å². The van der Waals surface area contributed by atoms with Gasteiger partial charge in [0.05, 0.1) is 13.1 Å². The lowest BCUT2D eigenvalue weighted by Crippen LogP contribution is -2.42. The predicted octanol–water partition coefficient (Wildman–Crippen LogP) is 0.395. The van der Waals surface area contributed by atoms with E-state index in [2.05, 4.69) is 31.3 Å². The highest BCUT2D eigenvalue weighted by atomic mass is 79.9. The molecular formula is C13H15BrN2O5. The maximum Gasteiger partial charge on any atom is 0.334 e. The molecule has 0 saturated heterocycles. The summed E-state index contributed by atoms with van der Waals surface area (Å²) in [5.41, 5.74) is 0.414. The van der Waals surface area contributed by atoms with Gasteiger partial charge >= 0.3 is 5.97 Å². The summed E-state index contributed by atoms with van der Waals surface area (Å²) < 4.78 is 5.42. The molecule has 1 rings (SSSR count). The van der Waals surface area contributed by atoms with E-state index in [4.69, 9.17) is 5.11 Å². The van der Waals surface area contributed by atoms with Crippen LogP contribution in [0.25, 0.3) is 0 Å². The quantitative estimate of drug-likeness (QED) is 0.654. The van der Waals surface area contributed by atoms with E-state index in [1.807, 2.05) is 0 Å². The van der Waals surface area contributed by atoms with E-state index >= 15 is 0 Å². The number of methoxy groups -OCH3 is 1. The lowest BCUT2D eigenvalue weighted by atomic mass is 10.2. The van der Waals surface area contributed by atoms with Gasteiger partial charge in [-0.1, -0.05) is 22.0 Å². The average Bonchev–Trinajstić information content (AvgIpc) is 2.45. The Bertz CT molecular complexity index is 535. The van der Waals surface area contributed by atoms with Crippen LogP contribution >= 0.6 is 15.9 Å². The minimum atomic E-state index is -1.17. The second-order valence-electron chi connectivity index (χ2n) is 4.06. The Labute approximate surface area is 129 Å². The van der Waals surface area contributed by atoms with Crippen LogP contribution in [0.5, 0.6) is 0 Å². The predicted molar refractivity (Wildman–Crippen MR) is 77.9 cm³/mol. The lowest BCUT2D eigenvalue weighted by Gasteiger charge is -2.12. The number of rotatable bonds is 7. The van der Waals surface area contributed by atoms with Crippen molar-refractivity contribution in [2.24, 2.45) is 0 Å². The summed E-state index contributed by atoms with van der Waals surface area (Å²) in [4.78, 5) is 34.0. The Hall–Kier alpha value is -1.93. The normalized spacial score (nSPS) is 11.5. The van der Waals surface area contributed by atoms with Crippen molar-refractivity contribution in [1.82, 2.24) is 10.6 Å². The molecule has 0 bridgehead atoms. The van der Waals surface area contributed by atoms with Gasteiger partial charge in [0, 0.05) is 17.1 Å². The highest BCUT2D eigenvalue weighted by Crippen LogP contribution is 2.11. The largest absolute Gasteiger partial charge is 0.479 e. The molecule has 1 aromatic carbocycles. The topological polar surface area (TPSA) is 105 Å². The molecule has 1 aromatic rings. The molecule has 0 aliphatic heterocycles. The van der Waals surface area contributed by atoms with Gasteiger partial charge in [0.15, 0.2) is 6.10 Å². The third kappa shape index (κ3) is 5.92. The standard InChI is InChI=1S/C13H15BrN2O5/c1-21-10(13(19)20)6-15-11(17)7-16-12(18)8-3-2-4-9(14)5-8/h2-5,10H,6-7H2,1H3,(H,15,17)(H,16,18)(H,19,20). The molecule has 0 heterocycles. The molecule has 8 heteroatoms. The van der Waals surface area contributed by atoms with Gasteiger partial charge in [-0.3, -0.25) is 9.59 Å². The summed E-state index contributed by atoms with van der Waals surface area (Å²) in [6.07, 6.45) is -1.12. The highest BCUT2D eigenvalue weighted by molar-refractivity contribution is 9.10. The number of hydrogen-bond acceptors (Lipinski definition) is 4. The Morgan fingerprint density at radius 1 is 1.33 bits per heavy atom. The molecule has 1 unspecified atom stereocenters. The first kappa shape index (κ1) is 17.1. The van der Waals surface area contributed by atoms with Crippen LogP contribution in [-0.4, -0.2) is 49.2 Å². The van der Waals surface area contributed by atoms with Gasteiger partial charge in [0.2, 0.25) is 5.91 Å². The molecule has 21 heavy (non-hydrogen) atoms. The first-order valence-electron chi connectivity index (χ1n) is 6.00. The van der Waals surface area contributed by atoms with Crippen LogP contribution in [0.4, 0.5) is 0 Å². The van der Waals surface area contributed by atoms with Gasteiger partial charge in [-0.25, -0.2) is 4.79 Å². The fourth-order valence-electron chi connectivity index (χ4n) is 1.43. The Kier molecular flexibility index (Phi) is 6.83. The average molecular weight is 359 g/mol. The van der Waals surface area contributed by atoms with Crippen molar-refractivity contribution in [2.45, 2.75) is 6.10 Å². The van der Waals surface area contributed by atoms with Crippen LogP contribution in [0.3, 0.4) is 0 Å². The van der Waals surface area contributed by atoms with E-state index in [0.29, 0.717) is 5.56 Å². The summed E-state index contributed by atoms with van der Waals surface area (Å²) in [7, 11) is 1.24. The number of carboxylic acid groups (broad SMARTS) is 1. The first-order chi connectivity index (χ1) is 9.93. The minimum absolute atomic E-state index is 0.169. The molecule has 114 valence electrons. The van der Waals surface area contributed by atoms with Crippen LogP contribution in [0.1, 0.15) is 10.4 Å². The van der Waals surface area contributed by atoms with E-state index in [0.717, 1.165) is 4.47 Å². The smallest absolute Gasteiger partial charge is 0.334 e. The fourth-order valence-corrected chi connectivity index (χ4v) is 1.83. The van der Waals surface area contributed by atoms with Crippen molar-refractivity contribution in [1.29, 1.82) is 0 Å². The highest BCUT2D eigenvalue weighted by Gasteiger charge is 2.17. The zero-order valence-electron chi connectivity index (χ0n) is 11.3. The number of benzene rings is 1. The van der Waals surface area contributed by atoms with Gasteiger partial charge in [-0.15, -0.1) is 0 Å². The van der Waals surface area contributed by atoms with Crippen LogP contribution in [-0.2, 0) is 14.3 Å². The third-order valence-corrected chi connectivity index (χ3v) is 3.03. The lowest BCUT2D eigenvalue weighted by molar-refractivity contribution is -0.148. The maximum absolute atomic E-state index is 11.8. The van der Waals surface area contributed by atoms with Crippen molar-refractivity contribution in [3.8, 4) is 0 Å². The minimum Gasteiger partial charge on any atom is -0.479 e. The molecule has 7 nitrogen and oxygen atoms in total. The van der Waals surface area contributed by atoms with Gasteiger partial charge in [0.1, 0.15) is 0 Å². The van der Waals surface area contributed by atoms with Crippen molar-refractivity contribution in [3.05, 3.63) is 34.3 Å². The second kappa shape index (κ2) is 8.38. The third-order valence-electron chi connectivity index (χ3n) is 2.54. The molecule has 0 aromatic heterocycles. The van der Waals surface area contributed by atoms with Gasteiger partial charge < -0.3 is 20.5 Å². The first-order valence-corrected chi connectivity index (χ1v) is 6.79. The molecule has 0 saturated carbocycles. The van der Waals surface area contributed by atoms with E-state index in [9.17, 15) is 14.4 Å². The summed E-state index contributed by atoms with van der Waals surface area (Å²) in [5, 5.41) is 13.5. The molecule has 1 atom stereocenters. The maximum atomic E-state index is 11.8. The van der Waals surface area contributed by atoms with Crippen molar-refractivity contribution >= 4 is 33.7 Å². The van der Waals surface area contributed by atoms with Crippen molar-refractivity contribution < 1.29 is 24.2 Å². The number of hydrogen-bond donors (Lipinski definition) is 3. The van der Waals surface area contributed by atoms with Crippen LogP contribution in [0.2, 0.25) is 0 Å². The van der Waals surface area contributed by atoms with Crippen molar-refractivity contribution in [2.75, 3.05) is 20.2 Å². The summed E-state index contributed by atoms with van der Waals surface area (Å²) >= 11 is 3.24. The summed E-state index contributed by atoms with van der Waals surface area (Å²) in [5.74, 6) is -2.06. The summed E-state index contributed by atoms with van der Waals surface area (Å²) in [6, 6.07) is 6.72. The second-order valence-corrected chi connectivity index (χ2v) is 4.98. The number of halogens is 1. The summed E-state index contributed by atoms with van der Waals surface area (Å²) in [6.45, 7) is -0.418. The van der Waals surface area contributed by atoms with Crippen LogP contribution in [0, 0.1) is 0 Å². The van der Waals surface area contributed by atoms with Crippen molar-refractivity contribution in [3.63, 3.8) is 0 Å². The van der Waals surface area contributed by atoms with E-state index in [1.165, 1.54) is 7.11 Å². The number of ether oxygens (including phenoxy) is 1. The van der Waals surface area contributed by atoms with Gasteiger partial charge in [0.25, 0.3) is 5.91 Å². The molecule has 2 amide bonds. The van der Waals surface area contributed by atoms with E-state index in [-0.39, 0.29) is 13.1 Å². The van der Waals surface area contributed by atoms with E-state index in [1.54, 1.807) is 24.3 Å². The number of amides is 2. The number of aliphatic carboxylic acids is 1. The monoisotopic (exact) mass is 358 g/mol. The number of carbonyl (C=O) groups is 3. The molecule has 0 spiro atoms. The molecule has 3 N–H and O–H groups in total.